The molecule has 1 aliphatic heterocycles. The molecule has 0 radical (unpaired) electrons. The zero-order chi connectivity index (χ0) is 13.1. The summed E-state index contributed by atoms with van der Waals surface area (Å²) < 4.78 is 11.3. The summed E-state index contributed by atoms with van der Waals surface area (Å²) in [6.07, 6.45) is 5.83. The molecule has 1 aromatic carbocycles. The Morgan fingerprint density at radius 3 is 2.74 bits per heavy atom. The first-order valence-electron chi connectivity index (χ1n) is 6.25. The quantitative estimate of drug-likeness (QED) is 0.886. The molecule has 2 N–H and O–H groups in total. The highest BCUT2D eigenvalue weighted by Crippen LogP contribution is 2.32. The van der Waals surface area contributed by atoms with Crippen LogP contribution in [0.2, 0.25) is 0 Å². The predicted octanol–water partition coefficient (Wildman–Crippen LogP) is 1.69. The zero-order valence-electron chi connectivity index (χ0n) is 10.5. The third-order valence-corrected chi connectivity index (χ3v) is 3.03. The molecule has 5 nitrogen and oxygen atoms in total. The van der Waals surface area contributed by atoms with Crippen LogP contribution in [0.15, 0.2) is 36.8 Å². The SMILES string of the molecule is NC(c1ccc2c(c1)OCCCO2)c1cnccn1. The molecule has 1 aromatic heterocycles. The average molecular weight is 257 g/mol. The molecule has 0 fully saturated rings. The number of nitrogens with zero attached hydrogens (tertiary/aromatic N) is 2. The van der Waals surface area contributed by atoms with Gasteiger partial charge in [0.2, 0.25) is 0 Å². The van der Waals surface area contributed by atoms with E-state index in [1.165, 1.54) is 0 Å². The molecule has 5 heteroatoms. The van der Waals surface area contributed by atoms with Gasteiger partial charge in [0.1, 0.15) is 0 Å². The normalized spacial score (nSPS) is 15.6. The van der Waals surface area contributed by atoms with Crippen molar-refractivity contribution in [3.05, 3.63) is 48.0 Å². The third-order valence-electron chi connectivity index (χ3n) is 3.03. The van der Waals surface area contributed by atoms with Crippen molar-refractivity contribution in [2.75, 3.05) is 13.2 Å². The van der Waals surface area contributed by atoms with Crippen molar-refractivity contribution in [3.63, 3.8) is 0 Å². The average Bonchev–Trinajstić information content (AvgIpc) is 2.72. The van der Waals surface area contributed by atoms with Gasteiger partial charge in [0.15, 0.2) is 11.5 Å². The van der Waals surface area contributed by atoms with Crippen molar-refractivity contribution < 1.29 is 9.47 Å². The summed E-state index contributed by atoms with van der Waals surface area (Å²) in [5, 5.41) is 0. The van der Waals surface area contributed by atoms with E-state index in [9.17, 15) is 0 Å². The van der Waals surface area contributed by atoms with Crippen molar-refractivity contribution >= 4 is 0 Å². The Bertz CT molecular complexity index is 560. The minimum Gasteiger partial charge on any atom is -0.490 e. The summed E-state index contributed by atoms with van der Waals surface area (Å²) in [7, 11) is 0. The first-order chi connectivity index (χ1) is 9.34. The minimum absolute atomic E-state index is 0.314. The topological polar surface area (TPSA) is 70.3 Å². The number of nitrogens with two attached hydrogens (primary N) is 1. The van der Waals surface area contributed by atoms with Gasteiger partial charge in [0.05, 0.1) is 31.1 Å². The molecule has 0 bridgehead atoms. The number of rotatable bonds is 2. The fourth-order valence-corrected chi connectivity index (χ4v) is 2.02. The van der Waals surface area contributed by atoms with Crippen LogP contribution < -0.4 is 15.2 Å². The molecule has 3 rings (SSSR count). The Morgan fingerprint density at radius 1 is 1.11 bits per heavy atom. The van der Waals surface area contributed by atoms with Gasteiger partial charge in [-0.1, -0.05) is 6.07 Å². The Labute approximate surface area is 111 Å². The van der Waals surface area contributed by atoms with Crippen LogP contribution in [-0.2, 0) is 0 Å². The van der Waals surface area contributed by atoms with E-state index in [2.05, 4.69) is 9.97 Å². The molecular weight excluding hydrogens is 242 g/mol. The molecule has 0 amide bonds. The van der Waals surface area contributed by atoms with E-state index in [0.29, 0.717) is 13.2 Å². The lowest BCUT2D eigenvalue weighted by Gasteiger charge is -2.14. The number of aromatic nitrogens is 2. The lowest BCUT2D eigenvalue weighted by molar-refractivity contribution is 0.297. The fourth-order valence-electron chi connectivity index (χ4n) is 2.02. The molecule has 19 heavy (non-hydrogen) atoms. The highest BCUT2D eigenvalue weighted by Gasteiger charge is 2.15. The molecule has 1 unspecified atom stereocenters. The van der Waals surface area contributed by atoms with Crippen LogP contribution in [0.4, 0.5) is 0 Å². The van der Waals surface area contributed by atoms with Crippen molar-refractivity contribution in [3.8, 4) is 11.5 Å². The van der Waals surface area contributed by atoms with E-state index in [-0.39, 0.29) is 6.04 Å². The van der Waals surface area contributed by atoms with Gasteiger partial charge in [-0.25, -0.2) is 0 Å². The summed E-state index contributed by atoms with van der Waals surface area (Å²) in [5.41, 5.74) is 7.86. The van der Waals surface area contributed by atoms with Crippen LogP contribution in [0.1, 0.15) is 23.7 Å². The second-order valence-corrected chi connectivity index (χ2v) is 4.36. The van der Waals surface area contributed by atoms with Gasteiger partial charge < -0.3 is 15.2 Å². The molecule has 0 spiro atoms. The van der Waals surface area contributed by atoms with Gasteiger partial charge in [0, 0.05) is 18.8 Å². The maximum absolute atomic E-state index is 6.19. The summed E-state index contributed by atoms with van der Waals surface area (Å²) in [5.74, 6) is 1.52. The van der Waals surface area contributed by atoms with Gasteiger partial charge in [-0.3, -0.25) is 9.97 Å². The van der Waals surface area contributed by atoms with E-state index < -0.39 is 0 Å². The number of benzene rings is 1. The molecule has 0 saturated heterocycles. The van der Waals surface area contributed by atoms with Crippen LogP contribution >= 0.6 is 0 Å². The molecule has 1 aliphatic rings. The fraction of sp³-hybridized carbons (Fsp3) is 0.286. The highest BCUT2D eigenvalue weighted by molar-refractivity contribution is 5.45. The molecule has 1 atom stereocenters. The van der Waals surface area contributed by atoms with Crippen molar-refractivity contribution in [1.82, 2.24) is 9.97 Å². The van der Waals surface area contributed by atoms with E-state index in [1.807, 2.05) is 18.2 Å². The summed E-state index contributed by atoms with van der Waals surface area (Å²) in [6.45, 7) is 1.35. The number of hydrogen-bond acceptors (Lipinski definition) is 5. The first kappa shape index (κ1) is 11.9. The summed E-state index contributed by atoms with van der Waals surface area (Å²) in [6, 6.07) is 5.44. The van der Waals surface area contributed by atoms with Gasteiger partial charge in [0.25, 0.3) is 0 Å². The van der Waals surface area contributed by atoms with Gasteiger partial charge in [-0.15, -0.1) is 0 Å². The largest absolute Gasteiger partial charge is 0.490 e. The molecular formula is C14H15N3O2. The molecule has 0 aliphatic carbocycles. The molecule has 0 saturated carbocycles. The van der Waals surface area contributed by atoms with E-state index in [1.54, 1.807) is 18.6 Å². The van der Waals surface area contributed by atoms with E-state index in [4.69, 9.17) is 15.2 Å². The van der Waals surface area contributed by atoms with Gasteiger partial charge >= 0.3 is 0 Å². The summed E-state index contributed by atoms with van der Waals surface area (Å²) >= 11 is 0. The second kappa shape index (κ2) is 5.24. The van der Waals surface area contributed by atoms with E-state index in [0.717, 1.165) is 29.2 Å². The Morgan fingerprint density at radius 2 is 1.95 bits per heavy atom. The Hall–Kier alpha value is -2.14. The van der Waals surface area contributed by atoms with Crippen molar-refractivity contribution in [1.29, 1.82) is 0 Å². The Balaban J connectivity index is 1.91. The first-order valence-corrected chi connectivity index (χ1v) is 6.25. The Kier molecular flexibility index (Phi) is 3.29. The number of fused-ring (bicyclic) bond motifs is 1. The lowest BCUT2D eigenvalue weighted by atomic mass is 10.0. The van der Waals surface area contributed by atoms with Crippen LogP contribution in [0, 0.1) is 0 Å². The van der Waals surface area contributed by atoms with Crippen molar-refractivity contribution in [2.45, 2.75) is 12.5 Å². The van der Waals surface area contributed by atoms with Crippen molar-refractivity contribution in [2.24, 2.45) is 5.73 Å². The third kappa shape index (κ3) is 2.51. The number of ether oxygens (including phenoxy) is 2. The lowest BCUT2D eigenvalue weighted by Crippen LogP contribution is -2.13. The van der Waals surface area contributed by atoms with Crippen LogP contribution in [0.5, 0.6) is 11.5 Å². The zero-order valence-corrected chi connectivity index (χ0v) is 10.5. The minimum atomic E-state index is -0.314. The number of hydrogen-bond donors (Lipinski definition) is 1. The summed E-state index contributed by atoms with van der Waals surface area (Å²) in [4.78, 5) is 8.26. The molecule has 98 valence electrons. The van der Waals surface area contributed by atoms with Crippen LogP contribution in [0.25, 0.3) is 0 Å². The maximum Gasteiger partial charge on any atom is 0.161 e. The maximum atomic E-state index is 6.19. The standard InChI is InChI=1S/C14H15N3O2/c15-14(11-9-16-4-5-17-11)10-2-3-12-13(8-10)19-7-1-6-18-12/h2-5,8-9,14H,1,6-7,15H2. The van der Waals surface area contributed by atoms with E-state index >= 15 is 0 Å². The monoisotopic (exact) mass is 257 g/mol. The van der Waals surface area contributed by atoms with Crippen LogP contribution in [0.3, 0.4) is 0 Å². The second-order valence-electron chi connectivity index (χ2n) is 4.36. The molecule has 2 aromatic rings. The molecule has 2 heterocycles. The van der Waals surface area contributed by atoms with Gasteiger partial charge in [-0.05, 0) is 17.7 Å². The highest BCUT2D eigenvalue weighted by atomic mass is 16.5. The van der Waals surface area contributed by atoms with Crippen LogP contribution in [-0.4, -0.2) is 23.2 Å². The van der Waals surface area contributed by atoms with Gasteiger partial charge in [-0.2, -0.15) is 0 Å². The predicted molar refractivity (Wildman–Crippen MR) is 70.1 cm³/mol. The smallest absolute Gasteiger partial charge is 0.161 e.